The molecular formula is C82H130NO8+. The van der Waals surface area contributed by atoms with Gasteiger partial charge in [0.15, 0.2) is 6.10 Å². The van der Waals surface area contributed by atoms with Crippen LogP contribution in [0.5, 0.6) is 0 Å². The largest absolute Gasteiger partial charge is 0.477 e. The van der Waals surface area contributed by atoms with Crippen molar-refractivity contribution in [1.82, 2.24) is 0 Å². The van der Waals surface area contributed by atoms with E-state index in [1.165, 1.54) is 51.4 Å². The lowest BCUT2D eigenvalue weighted by Gasteiger charge is -2.25. The summed E-state index contributed by atoms with van der Waals surface area (Å²) in [6.07, 6.45) is 105. The minimum absolute atomic E-state index is 0.172. The minimum Gasteiger partial charge on any atom is -0.477 e. The molecule has 2 atom stereocenters. The zero-order valence-corrected chi connectivity index (χ0v) is 58.2. The highest BCUT2D eigenvalue weighted by atomic mass is 16.7. The molecule has 1 N–H and O–H groups in total. The third kappa shape index (κ3) is 71.4. The number of nitrogens with zero attached hydrogens (tertiary/aromatic N) is 1. The molecular weight excluding hydrogens is 1130 g/mol. The Bertz CT molecular complexity index is 2200. The highest BCUT2D eigenvalue weighted by molar-refractivity contribution is 5.71. The smallest absolute Gasteiger partial charge is 0.361 e. The first-order chi connectivity index (χ1) is 44.6. The lowest BCUT2D eigenvalue weighted by Crippen LogP contribution is -2.40. The second kappa shape index (κ2) is 70.0. The van der Waals surface area contributed by atoms with Gasteiger partial charge in [0.25, 0.3) is 6.29 Å². The molecule has 91 heavy (non-hydrogen) atoms. The molecule has 0 aliphatic rings. The van der Waals surface area contributed by atoms with E-state index in [0.717, 1.165) is 154 Å². The van der Waals surface area contributed by atoms with Gasteiger partial charge in [0.2, 0.25) is 0 Å². The number of likely N-dealkylation sites (N-methyl/N-ethyl adjacent to an activating group) is 1. The van der Waals surface area contributed by atoms with Gasteiger partial charge in [0, 0.05) is 12.8 Å². The summed E-state index contributed by atoms with van der Waals surface area (Å²) in [4.78, 5) is 37.6. The van der Waals surface area contributed by atoms with Gasteiger partial charge < -0.3 is 28.5 Å². The van der Waals surface area contributed by atoms with Crippen LogP contribution in [-0.2, 0) is 33.3 Å². The zero-order valence-electron chi connectivity index (χ0n) is 58.2. The number of carboxylic acid groups (broad SMARTS) is 1. The van der Waals surface area contributed by atoms with Crippen LogP contribution < -0.4 is 0 Å². The van der Waals surface area contributed by atoms with Crippen LogP contribution >= 0.6 is 0 Å². The number of hydrogen-bond acceptors (Lipinski definition) is 7. The molecule has 0 heterocycles. The van der Waals surface area contributed by atoms with Crippen LogP contribution in [-0.4, -0.2) is 87.4 Å². The molecule has 0 spiro atoms. The third-order valence-corrected chi connectivity index (χ3v) is 14.3. The summed E-state index contributed by atoms with van der Waals surface area (Å²) in [6, 6.07) is 0. The average molecular weight is 1260 g/mol. The number of ether oxygens (including phenoxy) is 4. The van der Waals surface area contributed by atoms with Crippen molar-refractivity contribution in [2.45, 2.75) is 257 Å². The van der Waals surface area contributed by atoms with Gasteiger partial charge in [-0.15, -0.1) is 0 Å². The summed E-state index contributed by atoms with van der Waals surface area (Å²) in [6.45, 7) is 4.60. The normalized spacial score (nSPS) is 13.9. The Morgan fingerprint density at radius 1 is 0.330 bits per heavy atom. The average Bonchev–Trinajstić information content (AvgIpc) is 3.50. The molecule has 9 heteroatoms. The lowest BCUT2D eigenvalue weighted by molar-refractivity contribution is -0.870. The Morgan fingerprint density at radius 2 is 0.593 bits per heavy atom. The summed E-state index contributed by atoms with van der Waals surface area (Å²) >= 11 is 0. The van der Waals surface area contributed by atoms with Gasteiger partial charge in [0.05, 0.1) is 34.4 Å². The second-order valence-corrected chi connectivity index (χ2v) is 24.1. The summed E-state index contributed by atoms with van der Waals surface area (Å²) in [5, 5.41) is 9.75. The van der Waals surface area contributed by atoms with Gasteiger partial charge >= 0.3 is 17.9 Å². The molecule has 0 aliphatic carbocycles. The topological polar surface area (TPSA) is 108 Å². The first-order valence-corrected chi connectivity index (χ1v) is 35.6. The maximum Gasteiger partial charge on any atom is 0.361 e. The number of esters is 2. The van der Waals surface area contributed by atoms with E-state index in [1.54, 1.807) is 0 Å². The van der Waals surface area contributed by atoms with Crippen LogP contribution in [0.15, 0.2) is 194 Å². The van der Waals surface area contributed by atoms with Gasteiger partial charge in [-0.05, 0) is 141 Å². The van der Waals surface area contributed by atoms with Crippen molar-refractivity contribution < 1.29 is 42.9 Å². The van der Waals surface area contributed by atoms with Crippen LogP contribution in [0.2, 0.25) is 0 Å². The quantitative estimate of drug-likeness (QED) is 0.0211. The Morgan fingerprint density at radius 3 is 0.879 bits per heavy atom. The fraction of sp³-hybridized carbons (Fsp3) is 0.573. The standard InChI is InChI=1S/C82H129NO8/c1-6-8-10-12-14-16-18-20-22-24-26-28-30-32-34-36-37-38-39-40-41-42-43-45-47-49-51-53-55-57-59-61-63-65-67-69-71-73-80(85)91-78(77-90-82(81(86)87)88-75-74-83(3,4)5)76-89-79(84)72-70-68-66-64-62-60-58-56-54-52-50-48-46-44-35-33-31-29-27-25-23-21-19-17-15-13-11-9-7-2/h8-11,14-17,20-23,26-29,32-35,37-38,40-41,43,45-46,48,52,54,58,60,78,82H,6-7,12-13,18-19,24-25,30-31,36,39,42,44,47,49-51,53,55-57,59,61-77H2,1-5H3/p+1/b10-8-,11-9-,16-14-,17-15-,22-20-,23-21-,28-26-,29-27-,34-32-,35-33-,38-37-,41-40-,45-43-,48-46-,54-52-,60-58-. The molecule has 0 aromatic heterocycles. The molecule has 0 radical (unpaired) electrons. The van der Waals surface area contributed by atoms with Crippen molar-refractivity contribution in [1.29, 1.82) is 0 Å². The number of carbonyl (C=O) groups is 3. The van der Waals surface area contributed by atoms with Crippen molar-refractivity contribution in [3.63, 3.8) is 0 Å². The third-order valence-electron chi connectivity index (χ3n) is 14.3. The van der Waals surface area contributed by atoms with E-state index in [2.05, 4.69) is 208 Å². The number of carbonyl (C=O) groups excluding carboxylic acids is 2. The second-order valence-electron chi connectivity index (χ2n) is 24.1. The molecule has 0 bridgehead atoms. The monoisotopic (exact) mass is 1260 g/mol. The molecule has 9 nitrogen and oxygen atoms in total. The molecule has 0 aliphatic heterocycles. The Hall–Kier alpha value is -5.87. The van der Waals surface area contributed by atoms with Gasteiger partial charge in [-0.2, -0.15) is 0 Å². The van der Waals surface area contributed by atoms with Crippen molar-refractivity contribution in [2.24, 2.45) is 0 Å². The maximum atomic E-state index is 13.0. The summed E-state index contributed by atoms with van der Waals surface area (Å²) in [7, 11) is 5.95. The van der Waals surface area contributed by atoms with Gasteiger partial charge in [-0.25, -0.2) is 4.79 Å². The SMILES string of the molecule is CC/C=C\C/C=C\C/C=C\C/C=C\C/C=C\C/C=C\C/C=C\C/C=C\CCCCCCCCCCCCCCC(=O)OC(COC(=O)CCCCCC/C=C\C/C=C\C/C=C\C/C=C\C/C=C\C/C=C\C/C=C\C/C=C\CC)COC(OCC[N+](C)(C)C)C(=O)O. The van der Waals surface area contributed by atoms with E-state index in [1.807, 2.05) is 21.1 Å². The van der Waals surface area contributed by atoms with Crippen molar-refractivity contribution in [3.8, 4) is 0 Å². The van der Waals surface area contributed by atoms with E-state index in [4.69, 9.17) is 18.9 Å². The number of carboxylic acids is 1. The van der Waals surface area contributed by atoms with Gasteiger partial charge in [0.1, 0.15) is 13.2 Å². The van der Waals surface area contributed by atoms with Crippen molar-refractivity contribution in [2.75, 3.05) is 47.5 Å². The molecule has 0 amide bonds. The molecule has 2 unspecified atom stereocenters. The molecule has 0 aromatic carbocycles. The molecule has 0 rings (SSSR count). The van der Waals surface area contributed by atoms with Crippen LogP contribution in [0.4, 0.5) is 0 Å². The van der Waals surface area contributed by atoms with Crippen LogP contribution in [0.1, 0.15) is 245 Å². The number of hydrogen-bond donors (Lipinski definition) is 1. The molecule has 0 saturated carbocycles. The minimum atomic E-state index is -1.53. The van der Waals surface area contributed by atoms with Crippen LogP contribution in [0, 0.1) is 0 Å². The Balaban J connectivity index is 4.23. The van der Waals surface area contributed by atoms with E-state index in [-0.39, 0.29) is 38.6 Å². The van der Waals surface area contributed by atoms with Gasteiger partial charge in [-0.3, -0.25) is 9.59 Å². The zero-order chi connectivity index (χ0) is 66.1. The van der Waals surface area contributed by atoms with Crippen molar-refractivity contribution in [3.05, 3.63) is 194 Å². The molecule has 510 valence electrons. The number of quaternary nitrogens is 1. The molecule has 0 saturated heterocycles. The molecule has 0 fully saturated rings. The highest BCUT2D eigenvalue weighted by Gasteiger charge is 2.25. The summed E-state index contributed by atoms with van der Waals surface area (Å²) < 4.78 is 22.9. The number of allylic oxidation sites excluding steroid dienone is 32. The van der Waals surface area contributed by atoms with Crippen LogP contribution in [0.25, 0.3) is 0 Å². The fourth-order valence-electron chi connectivity index (χ4n) is 8.99. The van der Waals surface area contributed by atoms with E-state index < -0.39 is 24.3 Å². The predicted octanol–water partition coefficient (Wildman–Crippen LogP) is 22.6. The van der Waals surface area contributed by atoms with E-state index in [0.29, 0.717) is 23.9 Å². The summed E-state index contributed by atoms with van der Waals surface area (Å²) in [5.74, 6) is -2.06. The maximum absolute atomic E-state index is 13.0. The van der Waals surface area contributed by atoms with E-state index in [9.17, 15) is 19.5 Å². The Labute approximate surface area is 557 Å². The van der Waals surface area contributed by atoms with Gasteiger partial charge in [-0.1, -0.05) is 285 Å². The number of aliphatic carboxylic acids is 1. The van der Waals surface area contributed by atoms with E-state index >= 15 is 0 Å². The first kappa shape index (κ1) is 85.1. The van der Waals surface area contributed by atoms with Crippen LogP contribution in [0.3, 0.4) is 0 Å². The first-order valence-electron chi connectivity index (χ1n) is 35.6. The van der Waals surface area contributed by atoms with Crippen molar-refractivity contribution >= 4 is 17.9 Å². The highest BCUT2D eigenvalue weighted by Crippen LogP contribution is 2.15. The predicted molar refractivity (Wildman–Crippen MR) is 391 cm³/mol. The molecule has 0 aromatic rings. The number of rotatable bonds is 63. The fourth-order valence-corrected chi connectivity index (χ4v) is 8.99. The summed E-state index contributed by atoms with van der Waals surface area (Å²) in [5.41, 5.74) is 0. The lowest BCUT2D eigenvalue weighted by atomic mass is 10.0. The number of unbranched alkanes of at least 4 members (excludes halogenated alkanes) is 16. The Kier molecular flexibility index (Phi) is 65.5.